The Hall–Kier alpha value is -1.41. The molecule has 0 saturated carbocycles. The zero-order valence-corrected chi connectivity index (χ0v) is 12.4. The number of fused-ring (bicyclic) bond motifs is 2. The molecule has 1 fully saturated rings. The van der Waals surface area contributed by atoms with Crippen molar-refractivity contribution in [3.63, 3.8) is 0 Å². The van der Waals surface area contributed by atoms with Crippen LogP contribution in [0.3, 0.4) is 0 Å². The molecule has 0 radical (unpaired) electrons. The summed E-state index contributed by atoms with van der Waals surface area (Å²) in [5.41, 5.74) is 0.668. The molecule has 0 aliphatic carbocycles. The first-order chi connectivity index (χ1) is 9.58. The van der Waals surface area contributed by atoms with Crippen LogP contribution in [0, 0.1) is 15.4 Å². The number of halogens is 1. The molecule has 1 amide bonds. The van der Waals surface area contributed by atoms with Crippen molar-refractivity contribution in [3.8, 4) is 0 Å². The van der Waals surface area contributed by atoms with Gasteiger partial charge in [0.1, 0.15) is 0 Å². The third-order valence-electron chi connectivity index (χ3n) is 3.61. The average Bonchev–Trinajstić information content (AvgIpc) is 3.01. The number of ether oxygens (including phenoxy) is 1. The molecule has 1 aromatic rings. The second kappa shape index (κ2) is 5.17. The monoisotopic (exact) mass is 384 g/mol. The molecule has 6 heteroatoms. The zero-order valence-electron chi connectivity index (χ0n) is 10.3. The highest BCUT2D eigenvalue weighted by molar-refractivity contribution is 14.1. The molecule has 2 bridgehead atoms. The quantitative estimate of drug-likeness (QED) is 0.610. The molecule has 0 unspecified atom stereocenters. The van der Waals surface area contributed by atoms with Gasteiger partial charge in [-0.1, -0.05) is 24.3 Å². The Labute approximate surface area is 129 Å². The number of amides is 1. The van der Waals surface area contributed by atoms with E-state index in [1.165, 1.54) is 0 Å². The number of hydrogen-bond donors (Lipinski definition) is 1. The number of carboxylic acids is 1. The van der Waals surface area contributed by atoms with Crippen LogP contribution < -0.4 is 10.4 Å². The number of nitrogens with one attached hydrogen (secondary N) is 1. The van der Waals surface area contributed by atoms with Crippen LogP contribution in [0.15, 0.2) is 36.4 Å². The topological polar surface area (TPSA) is 78.5 Å². The fourth-order valence-corrected chi connectivity index (χ4v) is 3.20. The van der Waals surface area contributed by atoms with E-state index in [1.54, 1.807) is 18.2 Å². The van der Waals surface area contributed by atoms with Crippen LogP contribution in [0.1, 0.15) is 0 Å². The van der Waals surface area contributed by atoms with Crippen molar-refractivity contribution in [1.29, 1.82) is 0 Å². The van der Waals surface area contributed by atoms with Crippen molar-refractivity contribution in [2.75, 3.05) is 5.32 Å². The van der Waals surface area contributed by atoms with Gasteiger partial charge >= 0.3 is 0 Å². The third-order valence-corrected chi connectivity index (χ3v) is 4.55. The predicted octanol–water partition coefficient (Wildman–Crippen LogP) is 0.549. The van der Waals surface area contributed by atoms with E-state index >= 15 is 0 Å². The minimum Gasteiger partial charge on any atom is -0.550 e. The van der Waals surface area contributed by atoms with Crippen LogP contribution in [-0.2, 0) is 14.3 Å². The summed E-state index contributed by atoms with van der Waals surface area (Å²) >= 11 is 2.11. The molecule has 0 spiro atoms. The summed E-state index contributed by atoms with van der Waals surface area (Å²) in [5, 5.41) is 14.0. The molecule has 104 valence electrons. The van der Waals surface area contributed by atoms with E-state index in [9.17, 15) is 14.7 Å². The Morgan fingerprint density at radius 3 is 2.45 bits per heavy atom. The van der Waals surface area contributed by atoms with E-state index in [0.717, 1.165) is 3.57 Å². The molecular weight excluding hydrogens is 373 g/mol. The number of carbonyl (C=O) groups excluding carboxylic acids is 2. The second-order valence-corrected chi connectivity index (χ2v) is 5.95. The molecule has 2 heterocycles. The van der Waals surface area contributed by atoms with E-state index in [1.807, 2.05) is 18.2 Å². The Bertz CT molecular complexity index is 601. The van der Waals surface area contributed by atoms with Gasteiger partial charge < -0.3 is 20.0 Å². The maximum absolute atomic E-state index is 12.4. The Morgan fingerprint density at radius 1 is 1.15 bits per heavy atom. The number of para-hydroxylation sites is 1. The summed E-state index contributed by atoms with van der Waals surface area (Å²) in [6.45, 7) is 0. The summed E-state index contributed by atoms with van der Waals surface area (Å²) < 4.78 is 6.34. The van der Waals surface area contributed by atoms with Crippen LogP contribution in [0.5, 0.6) is 0 Å². The molecule has 3 rings (SSSR count). The SMILES string of the molecule is O=C([O-])[C@@H]1[C@@H](C(=O)Nc2ccccc2I)[C@H]2C=C[C@@H]1O2. The summed E-state index contributed by atoms with van der Waals surface area (Å²) in [6.07, 6.45) is 2.38. The maximum atomic E-state index is 12.4. The molecule has 20 heavy (non-hydrogen) atoms. The van der Waals surface area contributed by atoms with Gasteiger partial charge in [-0.05, 0) is 34.7 Å². The Balaban J connectivity index is 1.82. The molecule has 1 aromatic carbocycles. The largest absolute Gasteiger partial charge is 0.550 e. The minimum absolute atomic E-state index is 0.347. The number of aliphatic carboxylic acids is 1. The number of carboxylic acid groups (broad SMARTS) is 1. The molecule has 2 aliphatic rings. The number of carbonyl (C=O) groups is 2. The summed E-state index contributed by atoms with van der Waals surface area (Å²) in [6, 6.07) is 7.32. The lowest BCUT2D eigenvalue weighted by molar-refractivity contribution is -0.313. The maximum Gasteiger partial charge on any atom is 0.231 e. The highest BCUT2D eigenvalue weighted by Gasteiger charge is 2.50. The standard InChI is InChI=1S/C14H12INO4/c15-7-3-1-2-4-8(7)16-13(17)11-9-5-6-10(20-9)12(11)14(18)19/h1-6,9-12H,(H,16,17)(H,18,19)/p-1/t9-,10+,11+,12+/m1/s1. The summed E-state index contributed by atoms with van der Waals surface area (Å²) in [4.78, 5) is 23.6. The normalized spacial score (nSPS) is 30.4. The van der Waals surface area contributed by atoms with Crippen molar-refractivity contribution in [3.05, 3.63) is 40.0 Å². The zero-order chi connectivity index (χ0) is 14.3. The lowest BCUT2D eigenvalue weighted by Crippen LogP contribution is -2.45. The van der Waals surface area contributed by atoms with Crippen LogP contribution in [0.25, 0.3) is 0 Å². The first-order valence-electron chi connectivity index (χ1n) is 6.18. The van der Waals surface area contributed by atoms with Crippen LogP contribution in [-0.4, -0.2) is 24.1 Å². The van der Waals surface area contributed by atoms with Crippen molar-refractivity contribution in [1.82, 2.24) is 0 Å². The van der Waals surface area contributed by atoms with Crippen molar-refractivity contribution < 1.29 is 19.4 Å². The molecular formula is C14H11INO4-. The van der Waals surface area contributed by atoms with E-state index in [2.05, 4.69) is 27.9 Å². The lowest BCUT2D eigenvalue weighted by atomic mass is 9.82. The van der Waals surface area contributed by atoms with E-state index < -0.39 is 30.0 Å². The highest BCUT2D eigenvalue weighted by atomic mass is 127. The molecule has 5 nitrogen and oxygen atoms in total. The number of benzene rings is 1. The average molecular weight is 384 g/mol. The van der Waals surface area contributed by atoms with Gasteiger partial charge in [-0.3, -0.25) is 4.79 Å². The second-order valence-electron chi connectivity index (χ2n) is 4.79. The van der Waals surface area contributed by atoms with Gasteiger partial charge in [-0.15, -0.1) is 0 Å². The van der Waals surface area contributed by atoms with Gasteiger partial charge in [-0.2, -0.15) is 0 Å². The van der Waals surface area contributed by atoms with Crippen molar-refractivity contribution >= 4 is 40.2 Å². The van der Waals surface area contributed by atoms with Gasteiger partial charge in [0.05, 0.1) is 23.8 Å². The molecule has 2 aliphatic heterocycles. The smallest absolute Gasteiger partial charge is 0.231 e. The molecule has 4 atom stereocenters. The van der Waals surface area contributed by atoms with Gasteiger partial charge in [0, 0.05) is 15.5 Å². The van der Waals surface area contributed by atoms with Crippen LogP contribution in [0.4, 0.5) is 5.69 Å². The van der Waals surface area contributed by atoms with Crippen molar-refractivity contribution in [2.24, 2.45) is 11.8 Å². The third kappa shape index (κ3) is 2.22. The summed E-state index contributed by atoms with van der Waals surface area (Å²) in [5.74, 6) is -3.26. The summed E-state index contributed by atoms with van der Waals surface area (Å²) in [7, 11) is 0. The molecule has 0 aromatic heterocycles. The van der Waals surface area contributed by atoms with E-state index in [4.69, 9.17) is 4.74 Å². The number of rotatable bonds is 3. The van der Waals surface area contributed by atoms with Gasteiger partial charge in [-0.25, -0.2) is 0 Å². The molecule has 1 N–H and O–H groups in total. The van der Waals surface area contributed by atoms with Gasteiger partial charge in [0.2, 0.25) is 5.91 Å². The van der Waals surface area contributed by atoms with Gasteiger partial charge in [0.15, 0.2) is 0 Å². The van der Waals surface area contributed by atoms with E-state index in [0.29, 0.717) is 5.69 Å². The number of hydrogen-bond acceptors (Lipinski definition) is 4. The fraction of sp³-hybridized carbons (Fsp3) is 0.286. The lowest BCUT2D eigenvalue weighted by Gasteiger charge is -2.25. The van der Waals surface area contributed by atoms with Gasteiger partial charge in [0.25, 0.3) is 0 Å². The molecule has 1 saturated heterocycles. The minimum atomic E-state index is -1.25. The van der Waals surface area contributed by atoms with Crippen LogP contribution in [0.2, 0.25) is 0 Å². The Kier molecular flexibility index (Phi) is 3.51. The van der Waals surface area contributed by atoms with Crippen LogP contribution >= 0.6 is 22.6 Å². The predicted molar refractivity (Wildman–Crippen MR) is 77.6 cm³/mol. The van der Waals surface area contributed by atoms with E-state index in [-0.39, 0.29) is 5.91 Å². The first kappa shape index (κ1) is 13.6. The fourth-order valence-electron chi connectivity index (χ4n) is 2.68. The van der Waals surface area contributed by atoms with Crippen molar-refractivity contribution in [2.45, 2.75) is 12.2 Å². The first-order valence-corrected chi connectivity index (χ1v) is 7.26. The highest BCUT2D eigenvalue weighted by Crippen LogP contribution is 2.39. The number of anilines is 1. The Morgan fingerprint density at radius 2 is 1.80 bits per heavy atom.